The lowest BCUT2D eigenvalue weighted by molar-refractivity contribution is -0.116. The van der Waals surface area contributed by atoms with Crippen LogP contribution in [0.2, 0.25) is 0 Å². The molecule has 0 atom stereocenters. The van der Waals surface area contributed by atoms with Crippen LogP contribution >= 0.6 is 0 Å². The fourth-order valence-corrected chi connectivity index (χ4v) is 2.97. The zero-order chi connectivity index (χ0) is 20.8. The maximum absolute atomic E-state index is 13.4. The molecule has 148 valence electrons. The van der Waals surface area contributed by atoms with Crippen LogP contribution in [0.25, 0.3) is 23.0 Å². The molecule has 0 unspecified atom stereocenters. The summed E-state index contributed by atoms with van der Waals surface area (Å²) in [5.41, 5.74) is 4.04. The van der Waals surface area contributed by atoms with E-state index < -0.39 is 0 Å². The molecule has 4 aromatic rings. The molecule has 2 heterocycles. The van der Waals surface area contributed by atoms with Crippen LogP contribution in [0, 0.1) is 5.82 Å². The largest absolute Gasteiger partial charge is 0.348 e. The number of benzene rings is 2. The lowest BCUT2D eigenvalue weighted by atomic mass is 10.1. The summed E-state index contributed by atoms with van der Waals surface area (Å²) >= 11 is 0. The SMILES string of the molecule is O=C(/C=C/c1cn(-c2ccccc2)nc1-c1ccc(F)cc1)NCc1ccncc1. The first-order chi connectivity index (χ1) is 14.7. The highest BCUT2D eigenvalue weighted by Gasteiger charge is 2.11. The molecule has 0 saturated heterocycles. The molecule has 0 spiro atoms. The molecule has 2 aromatic carbocycles. The second-order valence-corrected chi connectivity index (χ2v) is 6.63. The van der Waals surface area contributed by atoms with Gasteiger partial charge in [0.25, 0.3) is 0 Å². The topological polar surface area (TPSA) is 59.8 Å². The van der Waals surface area contributed by atoms with Gasteiger partial charge in [-0.1, -0.05) is 18.2 Å². The first-order valence-corrected chi connectivity index (χ1v) is 9.45. The summed E-state index contributed by atoms with van der Waals surface area (Å²) in [5.74, 6) is -0.529. The molecule has 0 aliphatic heterocycles. The van der Waals surface area contributed by atoms with E-state index in [0.29, 0.717) is 12.2 Å². The molecule has 1 amide bonds. The third-order valence-corrected chi connectivity index (χ3v) is 4.51. The van der Waals surface area contributed by atoms with Gasteiger partial charge in [-0.15, -0.1) is 0 Å². The normalized spacial score (nSPS) is 11.0. The van der Waals surface area contributed by atoms with Crippen LogP contribution in [0.4, 0.5) is 4.39 Å². The Morgan fingerprint density at radius 1 is 1.00 bits per heavy atom. The molecule has 4 rings (SSSR count). The van der Waals surface area contributed by atoms with E-state index in [0.717, 1.165) is 22.4 Å². The van der Waals surface area contributed by atoms with Crippen molar-refractivity contribution in [2.45, 2.75) is 6.54 Å². The maximum Gasteiger partial charge on any atom is 0.244 e. The minimum Gasteiger partial charge on any atom is -0.348 e. The molecule has 0 bridgehead atoms. The number of nitrogens with zero attached hydrogens (tertiary/aromatic N) is 3. The number of hydrogen-bond donors (Lipinski definition) is 1. The molecule has 0 aliphatic rings. The molecule has 1 N–H and O–H groups in total. The second-order valence-electron chi connectivity index (χ2n) is 6.63. The second kappa shape index (κ2) is 8.96. The summed E-state index contributed by atoms with van der Waals surface area (Å²) in [6, 6.07) is 19.5. The fourth-order valence-electron chi connectivity index (χ4n) is 2.97. The van der Waals surface area contributed by atoms with Gasteiger partial charge >= 0.3 is 0 Å². The fraction of sp³-hybridized carbons (Fsp3) is 0.0417. The van der Waals surface area contributed by atoms with Gasteiger partial charge in [-0.2, -0.15) is 5.10 Å². The Bertz CT molecular complexity index is 1150. The number of halogens is 1. The van der Waals surface area contributed by atoms with E-state index in [1.54, 1.807) is 35.3 Å². The Hall–Kier alpha value is -4.06. The van der Waals surface area contributed by atoms with E-state index in [4.69, 9.17) is 0 Å². The zero-order valence-corrected chi connectivity index (χ0v) is 16.1. The number of carbonyl (C=O) groups excluding carboxylic acids is 1. The van der Waals surface area contributed by atoms with E-state index in [9.17, 15) is 9.18 Å². The van der Waals surface area contributed by atoms with Crippen molar-refractivity contribution in [1.82, 2.24) is 20.1 Å². The standard InChI is InChI=1S/C24H19FN4O/c25-21-9-6-19(7-10-21)24-20(17-29(28-24)22-4-2-1-3-5-22)8-11-23(30)27-16-18-12-14-26-15-13-18/h1-15,17H,16H2,(H,27,30)/b11-8+. The molecule has 5 nitrogen and oxygen atoms in total. The number of nitrogens with one attached hydrogen (secondary N) is 1. The van der Waals surface area contributed by atoms with Gasteiger partial charge in [0.1, 0.15) is 5.82 Å². The van der Waals surface area contributed by atoms with Gasteiger partial charge in [0.05, 0.1) is 11.4 Å². The van der Waals surface area contributed by atoms with Crippen molar-refractivity contribution in [2.24, 2.45) is 0 Å². The van der Waals surface area contributed by atoms with Crippen LogP contribution in [0.3, 0.4) is 0 Å². The molecule has 0 aliphatic carbocycles. The van der Waals surface area contributed by atoms with Crippen LogP contribution in [-0.2, 0) is 11.3 Å². The van der Waals surface area contributed by atoms with Crippen molar-refractivity contribution < 1.29 is 9.18 Å². The Kier molecular flexibility index (Phi) is 5.75. The van der Waals surface area contributed by atoms with Gasteiger partial charge < -0.3 is 5.32 Å². The lowest BCUT2D eigenvalue weighted by Crippen LogP contribution is -2.20. The molecule has 2 aromatic heterocycles. The first-order valence-electron chi connectivity index (χ1n) is 9.45. The van der Waals surface area contributed by atoms with Gasteiger partial charge in [0.2, 0.25) is 5.91 Å². The number of amides is 1. The number of hydrogen-bond acceptors (Lipinski definition) is 3. The van der Waals surface area contributed by atoms with Crippen molar-refractivity contribution >= 4 is 12.0 Å². The Morgan fingerprint density at radius 3 is 2.47 bits per heavy atom. The van der Waals surface area contributed by atoms with Crippen molar-refractivity contribution in [1.29, 1.82) is 0 Å². The predicted molar refractivity (Wildman–Crippen MR) is 114 cm³/mol. The van der Waals surface area contributed by atoms with E-state index in [1.807, 2.05) is 48.7 Å². The maximum atomic E-state index is 13.4. The van der Waals surface area contributed by atoms with E-state index in [2.05, 4.69) is 15.4 Å². The molecular weight excluding hydrogens is 379 g/mol. The van der Waals surface area contributed by atoms with Gasteiger partial charge in [-0.3, -0.25) is 9.78 Å². The lowest BCUT2D eigenvalue weighted by Gasteiger charge is -2.02. The highest BCUT2D eigenvalue weighted by Crippen LogP contribution is 2.25. The molecule has 6 heteroatoms. The minimum atomic E-state index is -0.311. The summed E-state index contributed by atoms with van der Waals surface area (Å²) in [7, 11) is 0. The first kappa shape index (κ1) is 19.3. The summed E-state index contributed by atoms with van der Waals surface area (Å²) in [4.78, 5) is 16.2. The van der Waals surface area contributed by atoms with Crippen LogP contribution in [0.1, 0.15) is 11.1 Å². The highest BCUT2D eigenvalue weighted by atomic mass is 19.1. The van der Waals surface area contributed by atoms with Gasteiger partial charge in [-0.05, 0) is 60.2 Å². The van der Waals surface area contributed by atoms with Crippen molar-refractivity contribution in [3.05, 3.63) is 108 Å². The third kappa shape index (κ3) is 4.67. The smallest absolute Gasteiger partial charge is 0.244 e. The quantitative estimate of drug-likeness (QED) is 0.490. The molecular formula is C24H19FN4O. The third-order valence-electron chi connectivity index (χ3n) is 4.51. The summed E-state index contributed by atoms with van der Waals surface area (Å²) < 4.78 is 15.1. The number of para-hydroxylation sites is 1. The molecule has 0 radical (unpaired) electrons. The van der Waals surface area contributed by atoms with E-state index in [-0.39, 0.29) is 11.7 Å². The van der Waals surface area contributed by atoms with Crippen molar-refractivity contribution in [3.63, 3.8) is 0 Å². The van der Waals surface area contributed by atoms with Crippen LogP contribution < -0.4 is 5.32 Å². The number of aromatic nitrogens is 3. The van der Waals surface area contributed by atoms with Crippen molar-refractivity contribution in [2.75, 3.05) is 0 Å². The number of carbonyl (C=O) groups is 1. The average molecular weight is 398 g/mol. The zero-order valence-electron chi connectivity index (χ0n) is 16.1. The van der Waals surface area contributed by atoms with E-state index >= 15 is 0 Å². The number of rotatable bonds is 6. The average Bonchev–Trinajstić information content (AvgIpc) is 3.22. The summed E-state index contributed by atoms with van der Waals surface area (Å²) in [5, 5.41) is 7.50. The summed E-state index contributed by atoms with van der Waals surface area (Å²) in [6.07, 6.45) is 8.41. The van der Waals surface area contributed by atoms with Gasteiger partial charge in [0, 0.05) is 42.3 Å². The summed E-state index contributed by atoms with van der Waals surface area (Å²) in [6.45, 7) is 0.416. The Balaban J connectivity index is 1.59. The van der Waals surface area contributed by atoms with Crippen molar-refractivity contribution in [3.8, 4) is 16.9 Å². The molecule has 0 fully saturated rings. The monoisotopic (exact) mass is 398 g/mol. The van der Waals surface area contributed by atoms with Gasteiger partial charge in [-0.25, -0.2) is 9.07 Å². The van der Waals surface area contributed by atoms with Crippen LogP contribution in [-0.4, -0.2) is 20.7 Å². The van der Waals surface area contributed by atoms with Gasteiger partial charge in [0.15, 0.2) is 0 Å². The number of pyridine rings is 1. The van der Waals surface area contributed by atoms with E-state index in [1.165, 1.54) is 18.2 Å². The van der Waals surface area contributed by atoms with Crippen LogP contribution in [0.5, 0.6) is 0 Å². The Labute approximate surface area is 173 Å². The Morgan fingerprint density at radius 2 is 1.73 bits per heavy atom. The highest BCUT2D eigenvalue weighted by molar-refractivity contribution is 5.92. The van der Waals surface area contributed by atoms with Crippen LogP contribution in [0.15, 0.2) is 91.4 Å². The molecule has 30 heavy (non-hydrogen) atoms. The minimum absolute atomic E-state index is 0.218. The molecule has 0 saturated carbocycles. The predicted octanol–water partition coefficient (Wildman–Crippen LogP) is 4.40.